The number of benzene rings is 1. The van der Waals surface area contributed by atoms with Gasteiger partial charge in [0.15, 0.2) is 0 Å². The van der Waals surface area contributed by atoms with Crippen molar-refractivity contribution in [2.45, 2.75) is 26.3 Å². The van der Waals surface area contributed by atoms with E-state index in [2.05, 4.69) is 29.8 Å². The molecule has 0 aliphatic rings. The minimum absolute atomic E-state index is 0.442. The second-order valence-corrected chi connectivity index (χ2v) is 5.05. The van der Waals surface area contributed by atoms with Crippen LogP contribution in [0.1, 0.15) is 25.3 Å². The van der Waals surface area contributed by atoms with Gasteiger partial charge in [-0.1, -0.05) is 25.6 Å². The highest BCUT2D eigenvalue weighted by Gasteiger charge is 2.03. The van der Waals surface area contributed by atoms with E-state index in [0.717, 1.165) is 31.7 Å². The van der Waals surface area contributed by atoms with Crippen molar-refractivity contribution in [1.82, 2.24) is 4.57 Å². The normalized spacial score (nSPS) is 11.0. The van der Waals surface area contributed by atoms with Crippen molar-refractivity contribution in [2.75, 3.05) is 13.2 Å². The molecule has 0 aliphatic heterocycles. The fourth-order valence-electron chi connectivity index (χ4n) is 2.06. The van der Waals surface area contributed by atoms with Crippen LogP contribution in [-0.2, 0) is 11.3 Å². The zero-order valence-corrected chi connectivity index (χ0v) is 12.1. The molecule has 1 heterocycles. The fraction of sp³-hybridized carbons (Fsp3) is 0.400. The van der Waals surface area contributed by atoms with E-state index in [1.165, 1.54) is 17.3 Å². The van der Waals surface area contributed by atoms with E-state index in [4.69, 9.17) is 22.7 Å². The molecule has 0 amide bonds. The summed E-state index contributed by atoms with van der Waals surface area (Å²) in [6.07, 6.45) is 4.38. The second-order valence-electron chi connectivity index (χ2n) is 4.61. The number of hydrogen-bond acceptors (Lipinski definition) is 2. The minimum atomic E-state index is 0.442. The van der Waals surface area contributed by atoms with Crippen LogP contribution < -0.4 is 5.73 Å². The van der Waals surface area contributed by atoms with E-state index >= 15 is 0 Å². The molecule has 0 saturated heterocycles. The standard InChI is InChI=1S/C15H20N2OS/c1-2-3-9-18-10-8-17-7-6-12-11-13(15(16)19)4-5-14(12)17/h4-7,11H,2-3,8-10H2,1H3,(H2,16,19). The van der Waals surface area contributed by atoms with Crippen molar-refractivity contribution in [2.24, 2.45) is 5.73 Å². The van der Waals surface area contributed by atoms with Crippen LogP contribution in [0.15, 0.2) is 30.5 Å². The van der Waals surface area contributed by atoms with Gasteiger partial charge in [-0.3, -0.25) is 0 Å². The van der Waals surface area contributed by atoms with Crippen LogP contribution in [0.5, 0.6) is 0 Å². The summed E-state index contributed by atoms with van der Waals surface area (Å²) in [6, 6.07) is 8.16. The first-order chi connectivity index (χ1) is 9.22. The lowest BCUT2D eigenvalue weighted by molar-refractivity contribution is 0.124. The lowest BCUT2D eigenvalue weighted by atomic mass is 10.1. The van der Waals surface area contributed by atoms with E-state index in [9.17, 15) is 0 Å². The van der Waals surface area contributed by atoms with Crippen molar-refractivity contribution in [1.29, 1.82) is 0 Å². The molecule has 1 aromatic heterocycles. The van der Waals surface area contributed by atoms with Gasteiger partial charge in [0.05, 0.1) is 6.61 Å². The molecule has 102 valence electrons. The monoisotopic (exact) mass is 276 g/mol. The lowest BCUT2D eigenvalue weighted by Gasteiger charge is -2.07. The third kappa shape index (κ3) is 3.55. The topological polar surface area (TPSA) is 40.2 Å². The molecule has 19 heavy (non-hydrogen) atoms. The molecule has 2 N–H and O–H groups in total. The summed E-state index contributed by atoms with van der Waals surface area (Å²) in [7, 11) is 0. The fourth-order valence-corrected chi connectivity index (χ4v) is 2.19. The number of nitrogens with two attached hydrogens (primary N) is 1. The predicted molar refractivity (Wildman–Crippen MR) is 83.6 cm³/mol. The Bertz CT molecular complexity index is 562. The zero-order chi connectivity index (χ0) is 13.7. The molecule has 0 radical (unpaired) electrons. The summed E-state index contributed by atoms with van der Waals surface area (Å²) in [5, 5.41) is 1.17. The van der Waals surface area contributed by atoms with Crippen molar-refractivity contribution >= 4 is 28.1 Å². The first-order valence-corrected chi connectivity index (χ1v) is 7.09. The van der Waals surface area contributed by atoms with Crippen LogP contribution in [0.25, 0.3) is 10.9 Å². The van der Waals surface area contributed by atoms with Crippen LogP contribution in [0.3, 0.4) is 0 Å². The van der Waals surface area contributed by atoms with Crippen LogP contribution in [0.4, 0.5) is 0 Å². The summed E-state index contributed by atoms with van der Waals surface area (Å²) in [6.45, 7) is 4.64. The maximum absolute atomic E-state index is 5.64. The van der Waals surface area contributed by atoms with Gasteiger partial charge in [0.2, 0.25) is 0 Å². The number of nitrogens with zero attached hydrogens (tertiary/aromatic N) is 1. The van der Waals surface area contributed by atoms with E-state index in [-0.39, 0.29) is 0 Å². The number of ether oxygens (including phenoxy) is 1. The first-order valence-electron chi connectivity index (χ1n) is 6.69. The quantitative estimate of drug-likeness (QED) is 0.624. The zero-order valence-electron chi connectivity index (χ0n) is 11.3. The van der Waals surface area contributed by atoms with Crippen LogP contribution in [-0.4, -0.2) is 22.8 Å². The average Bonchev–Trinajstić information content (AvgIpc) is 2.81. The highest BCUT2D eigenvalue weighted by atomic mass is 32.1. The third-order valence-corrected chi connectivity index (χ3v) is 3.41. The Morgan fingerprint density at radius 1 is 1.32 bits per heavy atom. The van der Waals surface area contributed by atoms with Gasteiger partial charge in [-0.25, -0.2) is 0 Å². The summed E-state index contributed by atoms with van der Waals surface area (Å²) in [5.41, 5.74) is 7.75. The van der Waals surface area contributed by atoms with E-state index in [0.29, 0.717) is 4.99 Å². The molecular formula is C15H20N2OS. The molecule has 0 spiro atoms. The molecule has 1 aromatic carbocycles. The molecule has 2 aromatic rings. The first kappa shape index (κ1) is 14.0. The van der Waals surface area contributed by atoms with Crippen LogP contribution >= 0.6 is 12.2 Å². The van der Waals surface area contributed by atoms with E-state index in [1.807, 2.05) is 12.1 Å². The van der Waals surface area contributed by atoms with Crippen LogP contribution in [0.2, 0.25) is 0 Å². The van der Waals surface area contributed by atoms with Gasteiger partial charge >= 0.3 is 0 Å². The highest BCUT2D eigenvalue weighted by Crippen LogP contribution is 2.17. The number of hydrogen-bond donors (Lipinski definition) is 1. The molecule has 3 nitrogen and oxygen atoms in total. The van der Waals surface area contributed by atoms with E-state index < -0.39 is 0 Å². The molecule has 2 rings (SSSR count). The van der Waals surface area contributed by atoms with Gasteiger partial charge in [0.25, 0.3) is 0 Å². The van der Waals surface area contributed by atoms with Crippen molar-refractivity contribution in [3.8, 4) is 0 Å². The SMILES string of the molecule is CCCCOCCn1ccc2cc(C(N)=S)ccc21. The number of rotatable bonds is 7. The molecular weight excluding hydrogens is 256 g/mol. The highest BCUT2D eigenvalue weighted by molar-refractivity contribution is 7.80. The summed E-state index contributed by atoms with van der Waals surface area (Å²) in [4.78, 5) is 0.442. The number of thiocarbonyl (C=S) groups is 1. The summed E-state index contributed by atoms with van der Waals surface area (Å²) < 4.78 is 7.80. The van der Waals surface area contributed by atoms with Gasteiger partial charge < -0.3 is 15.0 Å². The van der Waals surface area contributed by atoms with Crippen molar-refractivity contribution in [3.63, 3.8) is 0 Å². The maximum Gasteiger partial charge on any atom is 0.104 e. The molecule has 0 bridgehead atoms. The van der Waals surface area contributed by atoms with Gasteiger partial charge in [-0.2, -0.15) is 0 Å². The molecule has 0 aliphatic carbocycles. The van der Waals surface area contributed by atoms with Gasteiger partial charge in [-0.15, -0.1) is 0 Å². The largest absolute Gasteiger partial charge is 0.389 e. The van der Waals surface area contributed by atoms with Crippen molar-refractivity contribution < 1.29 is 4.74 Å². The van der Waals surface area contributed by atoms with Crippen molar-refractivity contribution in [3.05, 3.63) is 36.0 Å². The smallest absolute Gasteiger partial charge is 0.104 e. The van der Waals surface area contributed by atoms with Crippen LogP contribution in [0, 0.1) is 0 Å². The Balaban J connectivity index is 2.02. The Morgan fingerprint density at radius 3 is 2.89 bits per heavy atom. The maximum atomic E-state index is 5.64. The summed E-state index contributed by atoms with van der Waals surface area (Å²) in [5.74, 6) is 0. The van der Waals surface area contributed by atoms with Gasteiger partial charge in [-0.05, 0) is 30.7 Å². The molecule has 0 atom stereocenters. The lowest BCUT2D eigenvalue weighted by Crippen LogP contribution is -2.09. The number of unbranched alkanes of at least 4 members (excludes halogenated alkanes) is 1. The van der Waals surface area contributed by atoms with Gasteiger partial charge in [0, 0.05) is 35.8 Å². The Hall–Kier alpha value is -1.39. The van der Waals surface area contributed by atoms with E-state index in [1.54, 1.807) is 0 Å². The van der Waals surface area contributed by atoms with Gasteiger partial charge in [0.1, 0.15) is 4.99 Å². The number of fused-ring (bicyclic) bond motifs is 1. The molecule has 0 saturated carbocycles. The third-order valence-electron chi connectivity index (χ3n) is 3.17. The molecule has 0 fully saturated rings. The summed E-state index contributed by atoms with van der Waals surface area (Å²) >= 11 is 4.99. The number of aromatic nitrogens is 1. The Labute approximate surface area is 119 Å². The minimum Gasteiger partial charge on any atom is -0.389 e. The Morgan fingerprint density at radius 2 is 2.16 bits per heavy atom. The Kier molecular flexibility index (Phi) is 4.93. The predicted octanol–water partition coefficient (Wildman–Crippen LogP) is 3.09. The average molecular weight is 276 g/mol. The molecule has 0 unspecified atom stereocenters. The molecule has 4 heteroatoms. The second kappa shape index (κ2) is 6.68.